The topological polar surface area (TPSA) is 62.5 Å². The second kappa shape index (κ2) is 2.78. The standard InChI is InChI=1S/C4Cl2N4/c5-3-2(1-7)9-10-4(6)8-3. The number of nitriles is 1. The summed E-state index contributed by atoms with van der Waals surface area (Å²) in [4.78, 5) is 3.48. The van der Waals surface area contributed by atoms with Crippen molar-refractivity contribution >= 4 is 23.2 Å². The van der Waals surface area contributed by atoms with E-state index in [1.165, 1.54) is 0 Å². The fraction of sp³-hybridized carbons (Fsp3) is 0. The first-order valence-electron chi connectivity index (χ1n) is 2.20. The predicted octanol–water partition coefficient (Wildman–Crippen LogP) is 1.05. The number of rotatable bonds is 0. The molecule has 0 fully saturated rings. The van der Waals surface area contributed by atoms with E-state index >= 15 is 0 Å². The van der Waals surface area contributed by atoms with Crippen molar-refractivity contribution in [1.29, 1.82) is 5.26 Å². The van der Waals surface area contributed by atoms with Crippen LogP contribution in [0.5, 0.6) is 0 Å². The van der Waals surface area contributed by atoms with Gasteiger partial charge in [0.2, 0.25) is 5.28 Å². The lowest BCUT2D eigenvalue weighted by molar-refractivity contribution is 0.951. The molecule has 4 nitrogen and oxygen atoms in total. The van der Waals surface area contributed by atoms with Gasteiger partial charge in [0.15, 0.2) is 10.8 Å². The predicted molar refractivity (Wildman–Crippen MR) is 34.6 cm³/mol. The molecule has 0 amide bonds. The molecule has 0 aliphatic heterocycles. The van der Waals surface area contributed by atoms with Gasteiger partial charge in [-0.3, -0.25) is 0 Å². The van der Waals surface area contributed by atoms with Gasteiger partial charge < -0.3 is 0 Å². The highest BCUT2D eigenvalue weighted by Gasteiger charge is 2.02. The van der Waals surface area contributed by atoms with E-state index in [1.54, 1.807) is 6.07 Å². The number of hydrogen-bond acceptors (Lipinski definition) is 4. The van der Waals surface area contributed by atoms with Gasteiger partial charge in [0.05, 0.1) is 0 Å². The van der Waals surface area contributed by atoms with Crippen molar-refractivity contribution < 1.29 is 0 Å². The van der Waals surface area contributed by atoms with Gasteiger partial charge in [0.25, 0.3) is 0 Å². The fourth-order valence-corrected chi connectivity index (χ4v) is 0.683. The maximum absolute atomic E-state index is 8.29. The number of aromatic nitrogens is 3. The van der Waals surface area contributed by atoms with Crippen LogP contribution < -0.4 is 0 Å². The van der Waals surface area contributed by atoms with E-state index in [9.17, 15) is 0 Å². The Balaban J connectivity index is 3.23. The molecule has 0 aromatic carbocycles. The Labute approximate surface area is 66.4 Å². The zero-order valence-electron chi connectivity index (χ0n) is 4.54. The van der Waals surface area contributed by atoms with Crippen LogP contribution in [0.25, 0.3) is 0 Å². The first kappa shape index (κ1) is 7.19. The summed E-state index contributed by atoms with van der Waals surface area (Å²) in [7, 11) is 0. The first-order valence-corrected chi connectivity index (χ1v) is 2.95. The molecule has 1 aromatic rings. The molecule has 1 rings (SSSR count). The van der Waals surface area contributed by atoms with E-state index < -0.39 is 0 Å². The van der Waals surface area contributed by atoms with Gasteiger partial charge in [0.1, 0.15) is 6.07 Å². The zero-order valence-corrected chi connectivity index (χ0v) is 6.06. The summed E-state index contributed by atoms with van der Waals surface area (Å²) >= 11 is 10.7. The Morgan fingerprint density at radius 1 is 1.30 bits per heavy atom. The summed E-state index contributed by atoms with van der Waals surface area (Å²) in [5.74, 6) is 0. The highest BCUT2D eigenvalue weighted by molar-refractivity contribution is 6.32. The minimum Gasteiger partial charge on any atom is -0.201 e. The SMILES string of the molecule is N#Cc1nnc(Cl)nc1Cl. The maximum atomic E-state index is 8.29. The van der Waals surface area contributed by atoms with Gasteiger partial charge in [-0.25, -0.2) is 4.98 Å². The van der Waals surface area contributed by atoms with E-state index in [2.05, 4.69) is 15.2 Å². The average molecular weight is 175 g/mol. The molecule has 50 valence electrons. The molecule has 1 heterocycles. The van der Waals surface area contributed by atoms with Gasteiger partial charge >= 0.3 is 0 Å². The Hall–Kier alpha value is -0.920. The molecule has 0 saturated carbocycles. The van der Waals surface area contributed by atoms with Crippen molar-refractivity contribution in [3.05, 3.63) is 16.1 Å². The Kier molecular flexibility index (Phi) is 2.00. The van der Waals surface area contributed by atoms with Crippen LogP contribution in [0.4, 0.5) is 0 Å². The molecule has 0 atom stereocenters. The van der Waals surface area contributed by atoms with Crippen molar-refractivity contribution in [1.82, 2.24) is 15.2 Å². The maximum Gasteiger partial charge on any atom is 0.244 e. The monoisotopic (exact) mass is 174 g/mol. The van der Waals surface area contributed by atoms with E-state index in [0.29, 0.717) is 0 Å². The van der Waals surface area contributed by atoms with Crippen LogP contribution in [0.1, 0.15) is 5.69 Å². The average Bonchev–Trinajstić information content (AvgIpc) is 1.88. The molecule has 1 aromatic heterocycles. The second-order valence-corrected chi connectivity index (χ2v) is 2.03. The minimum absolute atomic E-state index is 0.0222. The largest absolute Gasteiger partial charge is 0.244 e. The summed E-state index contributed by atoms with van der Waals surface area (Å²) in [6.07, 6.45) is 0. The van der Waals surface area contributed by atoms with E-state index in [1.807, 2.05) is 0 Å². The lowest BCUT2D eigenvalue weighted by Gasteiger charge is -1.89. The first-order chi connectivity index (χ1) is 4.74. The van der Waals surface area contributed by atoms with Gasteiger partial charge in [-0.05, 0) is 11.6 Å². The second-order valence-electron chi connectivity index (χ2n) is 1.33. The van der Waals surface area contributed by atoms with E-state index in [0.717, 1.165) is 0 Å². The molecule has 0 unspecified atom stereocenters. The van der Waals surface area contributed by atoms with Crippen molar-refractivity contribution in [2.24, 2.45) is 0 Å². The quantitative estimate of drug-likeness (QED) is 0.591. The van der Waals surface area contributed by atoms with Gasteiger partial charge in [0, 0.05) is 0 Å². The lowest BCUT2D eigenvalue weighted by Crippen LogP contribution is -1.92. The van der Waals surface area contributed by atoms with E-state index in [4.69, 9.17) is 28.5 Å². The molecule has 10 heavy (non-hydrogen) atoms. The van der Waals surface area contributed by atoms with Crippen LogP contribution in [0.2, 0.25) is 10.4 Å². The molecule has 0 radical (unpaired) electrons. The van der Waals surface area contributed by atoms with Gasteiger partial charge in [-0.2, -0.15) is 5.26 Å². The number of hydrogen-bond donors (Lipinski definition) is 0. The highest BCUT2D eigenvalue weighted by atomic mass is 35.5. The molecular weight excluding hydrogens is 175 g/mol. The smallest absolute Gasteiger partial charge is 0.201 e. The van der Waals surface area contributed by atoms with Gasteiger partial charge in [-0.1, -0.05) is 11.6 Å². The molecule has 0 aliphatic rings. The zero-order chi connectivity index (χ0) is 7.56. The summed E-state index contributed by atoms with van der Waals surface area (Å²) < 4.78 is 0. The third-order valence-electron chi connectivity index (χ3n) is 0.724. The van der Waals surface area contributed by atoms with Crippen molar-refractivity contribution in [2.75, 3.05) is 0 Å². The Morgan fingerprint density at radius 2 is 2.00 bits per heavy atom. The normalized spacial score (nSPS) is 8.90. The van der Waals surface area contributed by atoms with Crippen molar-refractivity contribution in [3.63, 3.8) is 0 Å². The van der Waals surface area contributed by atoms with Crippen LogP contribution >= 0.6 is 23.2 Å². The molecule has 0 aliphatic carbocycles. The Bertz CT molecular complexity index is 292. The highest BCUT2D eigenvalue weighted by Crippen LogP contribution is 2.09. The van der Waals surface area contributed by atoms with Crippen LogP contribution in [-0.2, 0) is 0 Å². The summed E-state index contributed by atoms with van der Waals surface area (Å²) in [6, 6.07) is 1.70. The molecular formula is C4Cl2N4. The lowest BCUT2D eigenvalue weighted by atomic mass is 10.5. The minimum atomic E-state index is -0.0657. The summed E-state index contributed by atoms with van der Waals surface area (Å²) in [6.45, 7) is 0. The fourth-order valence-electron chi connectivity index (χ4n) is 0.357. The van der Waals surface area contributed by atoms with Crippen LogP contribution in [0.15, 0.2) is 0 Å². The van der Waals surface area contributed by atoms with Gasteiger partial charge in [-0.15, -0.1) is 10.2 Å². The van der Waals surface area contributed by atoms with Crippen LogP contribution in [0, 0.1) is 11.3 Å². The molecule has 6 heteroatoms. The third kappa shape index (κ3) is 1.32. The molecule has 0 bridgehead atoms. The summed E-state index contributed by atoms with van der Waals surface area (Å²) in [5.41, 5.74) is -0.0222. The van der Waals surface area contributed by atoms with Crippen LogP contribution in [-0.4, -0.2) is 15.2 Å². The Morgan fingerprint density at radius 3 is 2.50 bits per heavy atom. The van der Waals surface area contributed by atoms with E-state index in [-0.39, 0.29) is 16.1 Å². The molecule has 0 saturated heterocycles. The molecule has 0 N–H and O–H groups in total. The summed E-state index contributed by atoms with van der Waals surface area (Å²) in [5, 5.41) is 14.9. The molecule has 0 spiro atoms. The number of halogens is 2. The van der Waals surface area contributed by atoms with Crippen molar-refractivity contribution in [2.45, 2.75) is 0 Å². The van der Waals surface area contributed by atoms with Crippen molar-refractivity contribution in [3.8, 4) is 6.07 Å². The number of nitrogens with zero attached hydrogens (tertiary/aromatic N) is 4. The van der Waals surface area contributed by atoms with Crippen LogP contribution in [0.3, 0.4) is 0 Å². The third-order valence-corrected chi connectivity index (χ3v) is 1.15.